The fourth-order valence-corrected chi connectivity index (χ4v) is 1.90. The molecule has 0 saturated heterocycles. The van der Waals surface area contributed by atoms with Crippen molar-refractivity contribution in [2.75, 3.05) is 0 Å². The Morgan fingerprint density at radius 2 is 1.90 bits per heavy atom. The summed E-state index contributed by atoms with van der Waals surface area (Å²) < 4.78 is 0. The van der Waals surface area contributed by atoms with Crippen molar-refractivity contribution in [1.29, 1.82) is 0 Å². The molecule has 1 aromatic carbocycles. The number of aromatic nitrogens is 3. The average molecular weight is 278 g/mol. The first-order chi connectivity index (χ1) is 10.2. The monoisotopic (exact) mass is 278 g/mol. The second-order valence-electron chi connectivity index (χ2n) is 4.33. The Kier molecular flexibility index (Phi) is 3.34. The predicted molar refractivity (Wildman–Crippen MR) is 79.4 cm³/mol. The Balaban J connectivity index is 1.93. The minimum Gasteiger partial charge on any atom is -0.261 e. The second kappa shape index (κ2) is 5.46. The molecule has 3 aromatic rings. The molecule has 0 radical (unpaired) electrons. The number of hydrogen-bond acceptors (Lipinski definition) is 5. The lowest BCUT2D eigenvalue weighted by molar-refractivity contribution is -0.384. The average Bonchev–Trinajstić information content (AvgIpc) is 2.53. The minimum atomic E-state index is -0.415. The molecule has 6 nitrogen and oxygen atoms in total. The fourth-order valence-electron chi connectivity index (χ4n) is 1.90. The van der Waals surface area contributed by atoms with E-state index in [2.05, 4.69) is 15.0 Å². The number of nitro groups is 1. The highest BCUT2D eigenvalue weighted by Crippen LogP contribution is 2.20. The van der Waals surface area contributed by atoms with Crippen LogP contribution < -0.4 is 0 Å². The van der Waals surface area contributed by atoms with E-state index in [1.165, 1.54) is 12.1 Å². The van der Waals surface area contributed by atoms with Gasteiger partial charge < -0.3 is 0 Å². The molecular weight excluding hydrogens is 268 g/mol. The van der Waals surface area contributed by atoms with Crippen molar-refractivity contribution in [2.24, 2.45) is 0 Å². The first-order valence-electron chi connectivity index (χ1n) is 6.22. The zero-order valence-electron chi connectivity index (χ0n) is 10.9. The zero-order valence-corrected chi connectivity index (χ0v) is 10.9. The van der Waals surface area contributed by atoms with E-state index in [0.717, 1.165) is 16.8 Å². The molecule has 102 valence electrons. The number of rotatable bonds is 3. The third-order valence-electron chi connectivity index (χ3n) is 2.91. The van der Waals surface area contributed by atoms with Crippen LogP contribution in [-0.2, 0) is 0 Å². The van der Waals surface area contributed by atoms with E-state index in [1.807, 2.05) is 18.2 Å². The Hall–Kier alpha value is -3.15. The normalized spacial score (nSPS) is 11.0. The fraction of sp³-hybridized carbons (Fsp3) is 0. The standard InChI is InChI=1S/C15H10N4O2/c20-19(21)14-5-6-15-11(9-14)1-2-12(18-15)3-4-13-10-16-7-8-17-13/h1-10H/b4-3+. The van der Waals surface area contributed by atoms with Crippen LogP contribution in [-0.4, -0.2) is 19.9 Å². The van der Waals surface area contributed by atoms with Gasteiger partial charge in [0.05, 0.1) is 28.0 Å². The molecule has 3 rings (SSSR count). The molecule has 2 aromatic heterocycles. The van der Waals surface area contributed by atoms with Crippen LogP contribution in [0, 0.1) is 10.1 Å². The molecule has 0 amide bonds. The van der Waals surface area contributed by atoms with Gasteiger partial charge in [-0.2, -0.15) is 0 Å². The molecule has 0 N–H and O–H groups in total. The predicted octanol–water partition coefficient (Wildman–Crippen LogP) is 3.10. The van der Waals surface area contributed by atoms with Gasteiger partial charge in [0.2, 0.25) is 0 Å². The third-order valence-corrected chi connectivity index (χ3v) is 2.91. The number of hydrogen-bond donors (Lipinski definition) is 0. The van der Waals surface area contributed by atoms with Crippen LogP contribution in [0.15, 0.2) is 48.9 Å². The summed E-state index contributed by atoms with van der Waals surface area (Å²) >= 11 is 0. The van der Waals surface area contributed by atoms with Crippen molar-refractivity contribution >= 4 is 28.7 Å². The molecule has 0 aliphatic heterocycles. The first-order valence-corrected chi connectivity index (χ1v) is 6.22. The van der Waals surface area contributed by atoms with E-state index in [4.69, 9.17) is 0 Å². The topological polar surface area (TPSA) is 81.8 Å². The molecule has 0 fully saturated rings. The summed E-state index contributed by atoms with van der Waals surface area (Å²) in [5.41, 5.74) is 2.26. The van der Waals surface area contributed by atoms with Gasteiger partial charge in [0, 0.05) is 29.9 Å². The van der Waals surface area contributed by atoms with Crippen molar-refractivity contribution in [3.05, 3.63) is 70.4 Å². The summed E-state index contributed by atoms with van der Waals surface area (Å²) in [5.74, 6) is 0. The minimum absolute atomic E-state index is 0.0622. The van der Waals surface area contributed by atoms with Crippen molar-refractivity contribution in [3.63, 3.8) is 0 Å². The quantitative estimate of drug-likeness (QED) is 0.543. The Labute approximate surface area is 120 Å². The van der Waals surface area contributed by atoms with Crippen molar-refractivity contribution < 1.29 is 4.92 Å². The van der Waals surface area contributed by atoms with Gasteiger partial charge in [0.1, 0.15) is 0 Å². The summed E-state index contributed by atoms with van der Waals surface area (Å²) in [6, 6.07) is 8.22. The van der Waals surface area contributed by atoms with Gasteiger partial charge in [-0.15, -0.1) is 0 Å². The maximum Gasteiger partial charge on any atom is 0.270 e. The molecule has 0 spiro atoms. The van der Waals surface area contributed by atoms with Crippen molar-refractivity contribution in [1.82, 2.24) is 15.0 Å². The highest BCUT2D eigenvalue weighted by molar-refractivity contribution is 5.82. The van der Waals surface area contributed by atoms with E-state index in [1.54, 1.807) is 30.7 Å². The summed E-state index contributed by atoms with van der Waals surface area (Å²) in [4.78, 5) is 22.9. The Morgan fingerprint density at radius 1 is 1.05 bits per heavy atom. The number of benzene rings is 1. The van der Waals surface area contributed by atoms with Crippen molar-refractivity contribution in [2.45, 2.75) is 0 Å². The lowest BCUT2D eigenvalue weighted by atomic mass is 10.2. The number of non-ortho nitro benzene ring substituents is 1. The SMILES string of the molecule is O=[N+]([O-])c1ccc2nc(/C=C/c3cnccn3)ccc2c1. The molecule has 2 heterocycles. The van der Waals surface area contributed by atoms with Crippen LogP contribution in [0.5, 0.6) is 0 Å². The van der Waals surface area contributed by atoms with Gasteiger partial charge in [-0.05, 0) is 24.3 Å². The Morgan fingerprint density at radius 3 is 2.67 bits per heavy atom. The summed E-state index contributed by atoms with van der Waals surface area (Å²) in [6.07, 6.45) is 8.52. The van der Waals surface area contributed by atoms with Crippen LogP contribution in [0.4, 0.5) is 5.69 Å². The third kappa shape index (κ3) is 2.89. The second-order valence-corrected chi connectivity index (χ2v) is 4.33. The molecule has 0 unspecified atom stereocenters. The van der Waals surface area contributed by atoms with Crippen molar-refractivity contribution in [3.8, 4) is 0 Å². The molecule has 0 saturated carbocycles. The van der Waals surface area contributed by atoms with Gasteiger partial charge in [0.15, 0.2) is 0 Å². The molecular formula is C15H10N4O2. The molecule has 0 aliphatic carbocycles. The van der Waals surface area contributed by atoms with Crippen LogP contribution >= 0.6 is 0 Å². The first kappa shape index (κ1) is 12.9. The smallest absolute Gasteiger partial charge is 0.261 e. The lowest BCUT2D eigenvalue weighted by Gasteiger charge is -1.99. The number of fused-ring (bicyclic) bond motifs is 1. The van der Waals surface area contributed by atoms with Gasteiger partial charge in [0.25, 0.3) is 5.69 Å². The van der Waals surface area contributed by atoms with Gasteiger partial charge >= 0.3 is 0 Å². The maximum absolute atomic E-state index is 10.7. The van der Waals surface area contributed by atoms with E-state index in [9.17, 15) is 10.1 Å². The largest absolute Gasteiger partial charge is 0.270 e. The van der Waals surface area contributed by atoms with E-state index < -0.39 is 4.92 Å². The van der Waals surface area contributed by atoms with Crippen LogP contribution in [0.25, 0.3) is 23.1 Å². The lowest BCUT2D eigenvalue weighted by Crippen LogP contribution is -1.89. The van der Waals surface area contributed by atoms with Crippen LogP contribution in [0.2, 0.25) is 0 Å². The van der Waals surface area contributed by atoms with Crippen LogP contribution in [0.3, 0.4) is 0 Å². The molecule has 0 atom stereocenters. The Bertz CT molecular complexity index is 831. The summed E-state index contributed by atoms with van der Waals surface area (Å²) in [7, 11) is 0. The van der Waals surface area contributed by atoms with Crippen LogP contribution in [0.1, 0.15) is 11.4 Å². The summed E-state index contributed by atoms with van der Waals surface area (Å²) in [5, 5.41) is 11.5. The van der Waals surface area contributed by atoms with E-state index >= 15 is 0 Å². The molecule has 0 aliphatic rings. The zero-order chi connectivity index (χ0) is 14.7. The highest BCUT2D eigenvalue weighted by atomic mass is 16.6. The summed E-state index contributed by atoms with van der Waals surface area (Å²) in [6.45, 7) is 0. The maximum atomic E-state index is 10.7. The van der Waals surface area contributed by atoms with Gasteiger partial charge in [-0.3, -0.25) is 20.1 Å². The number of nitrogens with zero attached hydrogens (tertiary/aromatic N) is 4. The van der Waals surface area contributed by atoms with E-state index in [0.29, 0.717) is 5.52 Å². The molecule has 21 heavy (non-hydrogen) atoms. The number of nitro benzene ring substituents is 1. The van der Waals surface area contributed by atoms with Gasteiger partial charge in [-0.25, -0.2) is 4.98 Å². The molecule has 6 heteroatoms. The highest BCUT2D eigenvalue weighted by Gasteiger charge is 2.06. The number of pyridine rings is 1. The van der Waals surface area contributed by atoms with Gasteiger partial charge in [-0.1, -0.05) is 6.07 Å². The molecule has 0 bridgehead atoms. The van der Waals surface area contributed by atoms with E-state index in [-0.39, 0.29) is 5.69 Å².